The van der Waals surface area contributed by atoms with Crippen molar-refractivity contribution < 1.29 is 32.8 Å². The Labute approximate surface area is 153 Å². The van der Waals surface area contributed by atoms with Gasteiger partial charge in [0.25, 0.3) is 10.1 Å². The normalized spacial score (nSPS) is 11.5. The summed E-state index contributed by atoms with van der Waals surface area (Å²) in [7, 11) is -5.02. The van der Waals surface area contributed by atoms with Crippen molar-refractivity contribution in [2.45, 2.75) is 70.1 Å². The fraction of sp³-hybridized carbons (Fsp3) is 0.556. The molecule has 0 saturated carbocycles. The van der Waals surface area contributed by atoms with Gasteiger partial charge >= 0.3 is 11.9 Å². The second-order valence-corrected chi connectivity index (χ2v) is 7.63. The van der Waals surface area contributed by atoms with Crippen LogP contribution in [0.3, 0.4) is 0 Å². The molecule has 1 rings (SSSR count). The lowest BCUT2D eigenvalue weighted by molar-refractivity contribution is 0.0687. The predicted molar refractivity (Wildman–Crippen MR) is 96.6 cm³/mol. The van der Waals surface area contributed by atoms with Gasteiger partial charge in [0, 0.05) is 0 Å². The highest BCUT2D eigenvalue weighted by molar-refractivity contribution is 7.86. The SMILES string of the molecule is CCCCCc1cc(CCCCC)c(C(=O)O)c(S(=O)(=O)O)c1C(=O)O. The van der Waals surface area contributed by atoms with Crippen LogP contribution < -0.4 is 0 Å². The molecule has 7 nitrogen and oxygen atoms in total. The van der Waals surface area contributed by atoms with Gasteiger partial charge in [0.05, 0.1) is 11.1 Å². The first-order chi connectivity index (χ1) is 12.1. The number of aromatic carboxylic acids is 2. The number of carbonyl (C=O) groups is 2. The summed E-state index contributed by atoms with van der Waals surface area (Å²) < 4.78 is 33.3. The average Bonchev–Trinajstić information content (AvgIpc) is 2.53. The van der Waals surface area contributed by atoms with Crippen LogP contribution in [0.5, 0.6) is 0 Å². The molecule has 0 spiro atoms. The van der Waals surface area contributed by atoms with Crippen LogP contribution >= 0.6 is 0 Å². The quantitative estimate of drug-likeness (QED) is 0.390. The van der Waals surface area contributed by atoms with Gasteiger partial charge in [-0.05, 0) is 36.8 Å². The maximum Gasteiger partial charge on any atom is 0.337 e. The highest BCUT2D eigenvalue weighted by atomic mass is 32.2. The van der Waals surface area contributed by atoms with Crippen molar-refractivity contribution in [3.63, 3.8) is 0 Å². The van der Waals surface area contributed by atoms with Crippen LogP contribution in [0.2, 0.25) is 0 Å². The van der Waals surface area contributed by atoms with Gasteiger partial charge in [-0.15, -0.1) is 0 Å². The van der Waals surface area contributed by atoms with Gasteiger partial charge in [0.1, 0.15) is 4.90 Å². The summed E-state index contributed by atoms with van der Waals surface area (Å²) in [5.41, 5.74) is -0.786. The predicted octanol–water partition coefficient (Wildman–Crippen LogP) is 3.80. The number of hydrogen-bond acceptors (Lipinski definition) is 4. The molecular formula is C18H26O7S. The number of carboxylic acids is 2. The summed E-state index contributed by atoms with van der Waals surface area (Å²) in [6.07, 6.45) is 5.33. The summed E-state index contributed by atoms with van der Waals surface area (Å²) in [4.78, 5) is 22.4. The Bertz CT molecular complexity index is 720. The van der Waals surface area contributed by atoms with Gasteiger partial charge in [0.2, 0.25) is 0 Å². The average molecular weight is 386 g/mol. The molecule has 3 N–H and O–H groups in total. The van der Waals surface area contributed by atoms with Crippen LogP contribution in [-0.2, 0) is 23.0 Å². The number of hydrogen-bond donors (Lipinski definition) is 3. The van der Waals surface area contributed by atoms with Crippen LogP contribution in [0.25, 0.3) is 0 Å². The lowest BCUT2D eigenvalue weighted by atomic mass is 9.92. The molecule has 0 aromatic heterocycles. The second-order valence-electron chi connectivity index (χ2n) is 6.27. The van der Waals surface area contributed by atoms with E-state index in [1.54, 1.807) is 0 Å². The van der Waals surface area contributed by atoms with Gasteiger partial charge in [-0.1, -0.05) is 45.6 Å². The highest BCUT2D eigenvalue weighted by Gasteiger charge is 2.32. The highest BCUT2D eigenvalue weighted by Crippen LogP contribution is 2.30. The number of rotatable bonds is 11. The molecule has 0 aliphatic rings. The van der Waals surface area contributed by atoms with Crippen LogP contribution in [0.15, 0.2) is 11.0 Å². The zero-order valence-corrected chi connectivity index (χ0v) is 15.9. The van der Waals surface area contributed by atoms with Crippen LogP contribution in [0, 0.1) is 0 Å². The van der Waals surface area contributed by atoms with E-state index in [0.29, 0.717) is 25.7 Å². The fourth-order valence-corrected chi connectivity index (χ4v) is 3.98. The zero-order valence-electron chi connectivity index (χ0n) is 15.1. The molecule has 26 heavy (non-hydrogen) atoms. The van der Waals surface area contributed by atoms with E-state index < -0.39 is 38.1 Å². The minimum Gasteiger partial charge on any atom is -0.478 e. The van der Waals surface area contributed by atoms with Crippen LogP contribution in [-0.4, -0.2) is 35.1 Å². The molecule has 0 fully saturated rings. The first-order valence-electron chi connectivity index (χ1n) is 8.77. The first-order valence-corrected chi connectivity index (χ1v) is 10.2. The summed E-state index contributed by atoms with van der Waals surface area (Å²) in [6.45, 7) is 3.96. The largest absolute Gasteiger partial charge is 0.478 e. The topological polar surface area (TPSA) is 129 Å². The number of carboxylic acid groups (broad SMARTS) is 2. The smallest absolute Gasteiger partial charge is 0.337 e. The Balaban J connectivity index is 3.72. The molecule has 0 aliphatic carbocycles. The van der Waals surface area contributed by atoms with E-state index in [0.717, 1.165) is 25.7 Å². The lowest BCUT2D eigenvalue weighted by Gasteiger charge is -2.17. The maximum atomic E-state index is 11.9. The molecule has 0 aliphatic heterocycles. The van der Waals surface area contributed by atoms with E-state index in [1.165, 1.54) is 6.07 Å². The molecule has 0 radical (unpaired) electrons. The molecule has 0 bridgehead atoms. The van der Waals surface area contributed by atoms with Crippen molar-refractivity contribution in [3.05, 3.63) is 28.3 Å². The van der Waals surface area contributed by atoms with Crippen molar-refractivity contribution >= 4 is 22.1 Å². The van der Waals surface area contributed by atoms with E-state index in [-0.39, 0.29) is 11.1 Å². The number of unbranched alkanes of at least 4 members (excludes halogenated alkanes) is 4. The van der Waals surface area contributed by atoms with E-state index in [1.807, 2.05) is 13.8 Å². The van der Waals surface area contributed by atoms with Gasteiger partial charge in [-0.3, -0.25) is 4.55 Å². The summed E-state index contributed by atoms with van der Waals surface area (Å²) in [5, 5.41) is 19.0. The standard InChI is InChI=1S/C18H26O7S/c1-3-5-7-9-12-11-13(10-8-6-4-2)15(18(21)22)16(26(23,24)25)14(12)17(19)20/h11H,3-10H2,1-2H3,(H,19,20)(H,21,22)(H,23,24,25). The van der Waals surface area contributed by atoms with Crippen LogP contribution in [0.4, 0.5) is 0 Å². The summed E-state index contributed by atoms with van der Waals surface area (Å²) >= 11 is 0. The Morgan fingerprint density at radius 3 is 1.50 bits per heavy atom. The van der Waals surface area contributed by atoms with Gasteiger partial charge < -0.3 is 10.2 Å². The number of benzene rings is 1. The molecule has 0 saturated heterocycles. The minimum absolute atomic E-state index is 0.245. The third kappa shape index (κ3) is 5.54. The molecule has 0 amide bonds. The Kier molecular flexibility index (Phi) is 8.23. The zero-order chi connectivity index (χ0) is 19.9. The van der Waals surface area contributed by atoms with Gasteiger partial charge in [-0.2, -0.15) is 8.42 Å². The Morgan fingerprint density at radius 2 is 1.23 bits per heavy atom. The molecule has 1 aromatic carbocycles. The van der Waals surface area contributed by atoms with Crippen molar-refractivity contribution in [2.75, 3.05) is 0 Å². The third-order valence-corrected chi connectivity index (χ3v) is 5.15. The summed E-state index contributed by atoms with van der Waals surface area (Å²) in [6, 6.07) is 1.48. The lowest BCUT2D eigenvalue weighted by Crippen LogP contribution is -2.19. The van der Waals surface area contributed by atoms with Crippen molar-refractivity contribution in [3.8, 4) is 0 Å². The monoisotopic (exact) mass is 386 g/mol. The molecule has 0 heterocycles. The van der Waals surface area contributed by atoms with Crippen LogP contribution in [0.1, 0.15) is 84.2 Å². The third-order valence-electron chi connectivity index (χ3n) is 4.23. The molecule has 8 heteroatoms. The number of aryl methyl sites for hydroxylation is 2. The molecule has 1 aromatic rings. The maximum absolute atomic E-state index is 11.9. The van der Waals surface area contributed by atoms with E-state index in [2.05, 4.69) is 0 Å². The molecular weight excluding hydrogens is 360 g/mol. The Hall–Kier alpha value is -1.93. The Morgan fingerprint density at radius 1 is 0.846 bits per heavy atom. The van der Waals surface area contributed by atoms with Gasteiger partial charge in [0.15, 0.2) is 0 Å². The van der Waals surface area contributed by atoms with Gasteiger partial charge in [-0.25, -0.2) is 9.59 Å². The second kappa shape index (κ2) is 9.68. The molecule has 0 atom stereocenters. The van der Waals surface area contributed by atoms with Crippen molar-refractivity contribution in [2.24, 2.45) is 0 Å². The van der Waals surface area contributed by atoms with E-state index >= 15 is 0 Å². The summed E-state index contributed by atoms with van der Waals surface area (Å²) in [5.74, 6) is -3.13. The fourth-order valence-electron chi connectivity index (χ4n) is 3.02. The minimum atomic E-state index is -5.02. The first kappa shape index (κ1) is 22.1. The molecule has 146 valence electrons. The molecule has 0 unspecified atom stereocenters. The van der Waals surface area contributed by atoms with Crippen molar-refractivity contribution in [1.82, 2.24) is 0 Å². The van der Waals surface area contributed by atoms with E-state index in [9.17, 15) is 32.8 Å². The van der Waals surface area contributed by atoms with E-state index in [4.69, 9.17) is 0 Å². The van der Waals surface area contributed by atoms with Crippen molar-refractivity contribution in [1.29, 1.82) is 0 Å².